The van der Waals surface area contributed by atoms with Crippen molar-refractivity contribution < 1.29 is 29.9 Å². The number of benzene rings is 1. The van der Waals surface area contributed by atoms with E-state index in [1.807, 2.05) is 12.1 Å². The summed E-state index contributed by atoms with van der Waals surface area (Å²) in [7, 11) is 0. The molecule has 4 aliphatic rings. The first-order valence-corrected chi connectivity index (χ1v) is 11.0. The molecule has 29 heavy (non-hydrogen) atoms. The second-order valence-corrected chi connectivity index (χ2v) is 9.78. The molecule has 3 aliphatic carbocycles. The van der Waals surface area contributed by atoms with Gasteiger partial charge in [-0.3, -0.25) is 0 Å². The zero-order valence-corrected chi connectivity index (χ0v) is 16.9. The lowest BCUT2D eigenvalue weighted by atomic mass is 9.55. The smallest absolute Gasteiger partial charge is 0.228 e. The van der Waals surface area contributed by atoms with Crippen molar-refractivity contribution in [3.63, 3.8) is 0 Å². The maximum atomic E-state index is 10.5. The average molecular weight is 405 g/mol. The van der Waals surface area contributed by atoms with Crippen molar-refractivity contribution in [2.24, 2.45) is 17.3 Å². The number of aliphatic hydroxyl groups excluding tert-OH is 4. The van der Waals surface area contributed by atoms with E-state index in [1.54, 1.807) is 0 Å². The van der Waals surface area contributed by atoms with Gasteiger partial charge < -0.3 is 29.9 Å². The van der Waals surface area contributed by atoms with E-state index in [9.17, 15) is 20.4 Å². The van der Waals surface area contributed by atoms with E-state index in [0.29, 0.717) is 23.5 Å². The van der Waals surface area contributed by atoms with Gasteiger partial charge in [0, 0.05) is 0 Å². The molecule has 0 amide bonds. The summed E-state index contributed by atoms with van der Waals surface area (Å²) in [5.41, 5.74) is 2.77. The largest absolute Gasteiger partial charge is 0.462 e. The zero-order valence-electron chi connectivity index (χ0n) is 16.9. The van der Waals surface area contributed by atoms with Crippen molar-refractivity contribution >= 4 is 0 Å². The summed E-state index contributed by atoms with van der Waals surface area (Å²) in [4.78, 5) is 0. The van der Waals surface area contributed by atoms with Gasteiger partial charge in [0.1, 0.15) is 24.1 Å². The minimum atomic E-state index is -1.29. The van der Waals surface area contributed by atoms with Gasteiger partial charge in [0.15, 0.2) is 0 Å². The lowest BCUT2D eigenvalue weighted by Gasteiger charge is -2.50. The Morgan fingerprint density at radius 3 is 2.69 bits per heavy atom. The first kappa shape index (κ1) is 19.8. The quantitative estimate of drug-likeness (QED) is 0.599. The second kappa shape index (κ2) is 7.20. The molecule has 2 saturated carbocycles. The van der Waals surface area contributed by atoms with Gasteiger partial charge in [0.05, 0.1) is 12.7 Å². The molecule has 0 radical (unpaired) electrons. The molecular weight excluding hydrogens is 372 g/mol. The van der Waals surface area contributed by atoms with E-state index in [-0.39, 0.29) is 18.1 Å². The fourth-order valence-corrected chi connectivity index (χ4v) is 6.62. The topological polar surface area (TPSA) is 99.4 Å². The van der Waals surface area contributed by atoms with Crippen LogP contribution in [0.15, 0.2) is 18.2 Å². The molecule has 0 bridgehead atoms. The third kappa shape index (κ3) is 3.12. The number of aryl methyl sites for hydroxylation is 1. The van der Waals surface area contributed by atoms with Crippen LogP contribution in [-0.4, -0.2) is 57.7 Å². The van der Waals surface area contributed by atoms with Crippen molar-refractivity contribution in [1.82, 2.24) is 0 Å². The van der Waals surface area contributed by atoms with Crippen LogP contribution in [0, 0.1) is 17.3 Å². The van der Waals surface area contributed by atoms with Crippen LogP contribution in [0.25, 0.3) is 0 Å². The molecule has 1 heterocycles. The lowest BCUT2D eigenvalue weighted by molar-refractivity contribution is -0.242. The number of hydrogen-bond donors (Lipinski definition) is 4. The Morgan fingerprint density at radius 2 is 1.86 bits per heavy atom. The molecule has 6 heteroatoms. The lowest BCUT2D eigenvalue weighted by Crippen LogP contribution is -2.54. The summed E-state index contributed by atoms with van der Waals surface area (Å²) in [6.45, 7) is 2.22. The molecule has 1 aliphatic heterocycles. The van der Waals surface area contributed by atoms with E-state index in [1.165, 1.54) is 11.1 Å². The minimum Gasteiger partial charge on any atom is -0.462 e. The van der Waals surface area contributed by atoms with Crippen LogP contribution in [0.1, 0.15) is 56.1 Å². The van der Waals surface area contributed by atoms with Crippen LogP contribution in [0.2, 0.25) is 0 Å². The maximum absolute atomic E-state index is 10.5. The van der Waals surface area contributed by atoms with Crippen molar-refractivity contribution in [3.8, 4) is 5.75 Å². The Hall–Kier alpha value is -1.18. The highest BCUT2D eigenvalue weighted by Gasteiger charge is 2.54. The van der Waals surface area contributed by atoms with Crippen molar-refractivity contribution in [2.45, 2.75) is 82.1 Å². The number of ether oxygens (including phenoxy) is 2. The van der Waals surface area contributed by atoms with E-state index in [2.05, 4.69) is 13.0 Å². The molecule has 1 aromatic carbocycles. The predicted molar refractivity (Wildman–Crippen MR) is 105 cm³/mol. The van der Waals surface area contributed by atoms with E-state index < -0.39 is 24.6 Å². The van der Waals surface area contributed by atoms with Crippen molar-refractivity contribution in [3.05, 3.63) is 29.3 Å². The normalized spacial score (nSPS) is 46.5. The van der Waals surface area contributed by atoms with Crippen LogP contribution in [-0.2, 0) is 11.2 Å². The minimum absolute atomic E-state index is 0.0659. The fourth-order valence-electron chi connectivity index (χ4n) is 6.62. The standard InChI is InChI=1S/C23H32O6/c1-23-9-8-15-14-5-3-13(29-22-21(27)20(26)18(24)11-28-22)10-12(14)2-4-16(15)17(23)6-7-19(23)25/h3,5,10,15-22,24-27H,2,4,6-9,11H2,1H3/t15-,16-,17+,18-,19+,20+,21-,22+,23+/m1/s1. The van der Waals surface area contributed by atoms with Gasteiger partial charge in [0.2, 0.25) is 6.29 Å². The molecule has 1 saturated heterocycles. The van der Waals surface area contributed by atoms with Crippen molar-refractivity contribution in [2.75, 3.05) is 6.61 Å². The number of aliphatic hydroxyl groups is 4. The van der Waals surface area contributed by atoms with Gasteiger partial charge in [-0.25, -0.2) is 0 Å². The van der Waals surface area contributed by atoms with Gasteiger partial charge in [-0.1, -0.05) is 13.0 Å². The van der Waals surface area contributed by atoms with Crippen LogP contribution < -0.4 is 4.74 Å². The molecule has 0 spiro atoms. The third-order valence-corrected chi connectivity index (χ3v) is 8.35. The summed E-state index contributed by atoms with van der Waals surface area (Å²) < 4.78 is 11.2. The summed E-state index contributed by atoms with van der Waals surface area (Å²) in [5.74, 6) is 2.42. The van der Waals surface area contributed by atoms with Crippen molar-refractivity contribution in [1.29, 1.82) is 0 Å². The summed E-state index contributed by atoms with van der Waals surface area (Å²) in [6, 6.07) is 6.11. The Morgan fingerprint density at radius 1 is 1.03 bits per heavy atom. The Balaban J connectivity index is 1.34. The first-order valence-electron chi connectivity index (χ1n) is 11.0. The van der Waals surface area contributed by atoms with Gasteiger partial charge >= 0.3 is 0 Å². The molecule has 9 atom stereocenters. The molecule has 5 rings (SSSR count). The SMILES string of the molecule is C[C@]12CC[C@@H]3c4ccc(O[C@@H]5OC[C@@H](O)[C@H](O)[C@H]5O)cc4CC[C@H]3[C@@H]1CC[C@@H]2O. The third-order valence-electron chi connectivity index (χ3n) is 8.35. The predicted octanol–water partition coefficient (Wildman–Crippen LogP) is 1.72. The first-order chi connectivity index (χ1) is 13.9. The number of fused-ring (bicyclic) bond motifs is 5. The van der Waals surface area contributed by atoms with Gasteiger partial charge in [-0.05, 0) is 85.0 Å². The molecule has 160 valence electrons. The number of hydrogen-bond acceptors (Lipinski definition) is 6. The summed E-state index contributed by atoms with van der Waals surface area (Å²) >= 11 is 0. The fraction of sp³-hybridized carbons (Fsp3) is 0.739. The van der Waals surface area contributed by atoms with Gasteiger partial charge in [-0.2, -0.15) is 0 Å². The highest BCUT2D eigenvalue weighted by molar-refractivity contribution is 5.41. The van der Waals surface area contributed by atoms with E-state index in [0.717, 1.165) is 38.5 Å². The Bertz CT molecular complexity index is 768. The second-order valence-electron chi connectivity index (χ2n) is 9.78. The Kier molecular flexibility index (Phi) is 4.91. The zero-order chi connectivity index (χ0) is 20.3. The summed E-state index contributed by atoms with van der Waals surface area (Å²) in [6.07, 6.45) is 1.61. The van der Waals surface area contributed by atoms with E-state index in [4.69, 9.17) is 9.47 Å². The van der Waals surface area contributed by atoms with E-state index >= 15 is 0 Å². The van der Waals surface area contributed by atoms with Crippen LogP contribution in [0.4, 0.5) is 0 Å². The molecule has 0 unspecified atom stereocenters. The molecular formula is C23H32O6. The molecule has 4 N–H and O–H groups in total. The number of rotatable bonds is 2. The monoisotopic (exact) mass is 404 g/mol. The van der Waals surface area contributed by atoms with Gasteiger partial charge in [-0.15, -0.1) is 0 Å². The summed E-state index contributed by atoms with van der Waals surface area (Å²) in [5, 5.41) is 40.1. The maximum Gasteiger partial charge on any atom is 0.228 e. The van der Waals surface area contributed by atoms with Crippen LogP contribution in [0.5, 0.6) is 5.75 Å². The average Bonchev–Trinajstić information content (AvgIpc) is 3.03. The molecule has 1 aromatic rings. The highest BCUT2D eigenvalue weighted by Crippen LogP contribution is 2.60. The Labute approximate surface area is 171 Å². The molecule has 3 fully saturated rings. The van der Waals surface area contributed by atoms with Crippen LogP contribution >= 0.6 is 0 Å². The molecule has 0 aromatic heterocycles. The van der Waals surface area contributed by atoms with Crippen LogP contribution in [0.3, 0.4) is 0 Å². The van der Waals surface area contributed by atoms with Gasteiger partial charge in [0.25, 0.3) is 0 Å². The highest BCUT2D eigenvalue weighted by atomic mass is 16.7. The molecule has 6 nitrogen and oxygen atoms in total.